The van der Waals surface area contributed by atoms with Gasteiger partial charge >= 0.3 is 0 Å². The van der Waals surface area contributed by atoms with Crippen molar-refractivity contribution in [2.75, 3.05) is 13.2 Å². The van der Waals surface area contributed by atoms with E-state index in [2.05, 4.69) is 19.1 Å². The van der Waals surface area contributed by atoms with Crippen LogP contribution in [-0.2, 0) is 11.2 Å². The zero-order valence-corrected chi connectivity index (χ0v) is 12.3. The van der Waals surface area contributed by atoms with Crippen molar-refractivity contribution in [2.45, 2.75) is 51.5 Å². The Balaban J connectivity index is 1.86. The first-order valence-corrected chi connectivity index (χ1v) is 7.67. The molecule has 2 rings (SSSR count). The van der Waals surface area contributed by atoms with Crippen LogP contribution in [0.1, 0.15) is 43.2 Å². The normalized spacial score (nSPS) is 18.5. The molecular formula is C17H25NO2. The summed E-state index contributed by atoms with van der Waals surface area (Å²) in [6.07, 6.45) is 5.36. The molecule has 3 heteroatoms. The second kappa shape index (κ2) is 7.44. The number of nitrogens with zero attached hydrogens (tertiary/aromatic N) is 1. The number of aliphatic hydroxyl groups excluding tert-OH is 1. The molecule has 20 heavy (non-hydrogen) atoms. The lowest BCUT2D eigenvalue weighted by Gasteiger charge is -2.24. The van der Waals surface area contributed by atoms with Gasteiger partial charge in [0.15, 0.2) is 0 Å². The Morgan fingerprint density at radius 1 is 1.40 bits per heavy atom. The number of carbonyl (C=O) groups excluding carboxylic acids is 1. The maximum Gasteiger partial charge on any atom is 0.223 e. The third-order valence-corrected chi connectivity index (χ3v) is 4.26. The lowest BCUT2D eigenvalue weighted by molar-refractivity contribution is -0.132. The van der Waals surface area contributed by atoms with Crippen molar-refractivity contribution in [1.82, 2.24) is 4.90 Å². The maximum atomic E-state index is 12.4. The number of benzene rings is 1. The topological polar surface area (TPSA) is 40.5 Å². The predicted molar refractivity (Wildman–Crippen MR) is 80.6 cm³/mol. The second-order valence-corrected chi connectivity index (χ2v) is 5.68. The van der Waals surface area contributed by atoms with Crippen LogP contribution in [0.5, 0.6) is 0 Å². The van der Waals surface area contributed by atoms with Crippen molar-refractivity contribution in [3.8, 4) is 0 Å². The number of amides is 1. The fourth-order valence-corrected chi connectivity index (χ4v) is 3.07. The molecule has 3 nitrogen and oxygen atoms in total. The predicted octanol–water partition coefficient (Wildman–Crippen LogP) is 2.69. The van der Waals surface area contributed by atoms with Crippen LogP contribution in [-0.4, -0.2) is 35.1 Å². The van der Waals surface area contributed by atoms with Gasteiger partial charge in [-0.1, -0.05) is 24.3 Å². The fourth-order valence-electron chi connectivity index (χ4n) is 3.07. The van der Waals surface area contributed by atoms with Gasteiger partial charge in [0.25, 0.3) is 0 Å². The van der Waals surface area contributed by atoms with Crippen molar-refractivity contribution in [1.29, 1.82) is 0 Å². The smallest absolute Gasteiger partial charge is 0.223 e. The van der Waals surface area contributed by atoms with Crippen LogP contribution in [0.2, 0.25) is 0 Å². The zero-order chi connectivity index (χ0) is 14.4. The zero-order valence-electron chi connectivity index (χ0n) is 12.3. The summed E-state index contributed by atoms with van der Waals surface area (Å²) in [6.45, 7) is 3.21. The minimum atomic E-state index is 0.224. The van der Waals surface area contributed by atoms with Crippen LogP contribution >= 0.6 is 0 Å². The Kier molecular flexibility index (Phi) is 5.60. The largest absolute Gasteiger partial charge is 0.396 e. The Labute approximate surface area is 121 Å². The molecule has 1 aromatic carbocycles. The highest BCUT2D eigenvalue weighted by atomic mass is 16.3. The third-order valence-electron chi connectivity index (χ3n) is 4.26. The van der Waals surface area contributed by atoms with E-state index >= 15 is 0 Å². The number of hydrogen-bond acceptors (Lipinski definition) is 2. The SMILES string of the molecule is Cc1ccccc1CCC(=O)N1CCCC1CCCO. The van der Waals surface area contributed by atoms with E-state index in [0.717, 1.165) is 38.6 Å². The van der Waals surface area contributed by atoms with E-state index in [9.17, 15) is 4.79 Å². The Morgan fingerprint density at radius 3 is 2.95 bits per heavy atom. The van der Waals surface area contributed by atoms with Gasteiger partial charge in [-0.3, -0.25) is 4.79 Å². The summed E-state index contributed by atoms with van der Waals surface area (Å²) in [4.78, 5) is 14.4. The van der Waals surface area contributed by atoms with Crippen molar-refractivity contribution in [2.24, 2.45) is 0 Å². The third kappa shape index (κ3) is 3.83. The molecule has 0 bridgehead atoms. The monoisotopic (exact) mass is 275 g/mol. The summed E-state index contributed by atoms with van der Waals surface area (Å²) in [5, 5.41) is 8.93. The highest BCUT2D eigenvalue weighted by molar-refractivity contribution is 5.77. The van der Waals surface area contributed by atoms with Gasteiger partial charge < -0.3 is 10.0 Å². The first-order chi connectivity index (χ1) is 9.72. The highest BCUT2D eigenvalue weighted by Crippen LogP contribution is 2.22. The van der Waals surface area contributed by atoms with Crippen LogP contribution in [0.15, 0.2) is 24.3 Å². The molecular weight excluding hydrogens is 250 g/mol. The van der Waals surface area contributed by atoms with E-state index in [0.29, 0.717) is 12.5 Å². The standard InChI is InChI=1S/C17H25NO2/c1-14-6-2-3-7-15(14)10-11-17(20)18-12-4-8-16(18)9-5-13-19/h2-3,6-7,16,19H,4-5,8-13H2,1H3. The first-order valence-electron chi connectivity index (χ1n) is 7.67. The number of rotatable bonds is 6. The molecule has 0 aromatic heterocycles. The summed E-state index contributed by atoms with van der Waals surface area (Å²) in [7, 11) is 0. The van der Waals surface area contributed by atoms with E-state index in [1.807, 2.05) is 17.0 Å². The van der Waals surface area contributed by atoms with Gasteiger partial charge in [0, 0.05) is 25.6 Å². The van der Waals surface area contributed by atoms with Gasteiger partial charge in [-0.15, -0.1) is 0 Å². The molecule has 1 saturated heterocycles. The van der Waals surface area contributed by atoms with Gasteiger partial charge in [-0.05, 0) is 50.2 Å². The first kappa shape index (κ1) is 15.0. The second-order valence-electron chi connectivity index (χ2n) is 5.68. The van der Waals surface area contributed by atoms with Gasteiger partial charge in [0.2, 0.25) is 5.91 Å². The molecule has 0 spiro atoms. The van der Waals surface area contributed by atoms with Crippen LogP contribution in [0.3, 0.4) is 0 Å². The minimum absolute atomic E-state index is 0.224. The minimum Gasteiger partial charge on any atom is -0.396 e. The van der Waals surface area contributed by atoms with Gasteiger partial charge in [-0.2, -0.15) is 0 Å². The quantitative estimate of drug-likeness (QED) is 0.867. The van der Waals surface area contributed by atoms with Crippen LogP contribution in [0.4, 0.5) is 0 Å². The average molecular weight is 275 g/mol. The number of aliphatic hydroxyl groups is 1. The van der Waals surface area contributed by atoms with Crippen LogP contribution < -0.4 is 0 Å². The van der Waals surface area contributed by atoms with Crippen molar-refractivity contribution < 1.29 is 9.90 Å². The van der Waals surface area contributed by atoms with E-state index < -0.39 is 0 Å². The molecule has 1 amide bonds. The van der Waals surface area contributed by atoms with E-state index in [4.69, 9.17) is 5.11 Å². The van der Waals surface area contributed by atoms with Crippen molar-refractivity contribution in [3.05, 3.63) is 35.4 Å². The Bertz CT molecular complexity index is 444. The van der Waals surface area contributed by atoms with Crippen LogP contribution in [0.25, 0.3) is 0 Å². The Morgan fingerprint density at radius 2 is 2.20 bits per heavy atom. The van der Waals surface area contributed by atoms with Crippen molar-refractivity contribution in [3.63, 3.8) is 0 Å². The molecule has 0 radical (unpaired) electrons. The van der Waals surface area contributed by atoms with E-state index in [1.165, 1.54) is 11.1 Å². The van der Waals surface area contributed by atoms with E-state index in [1.54, 1.807) is 0 Å². The fraction of sp³-hybridized carbons (Fsp3) is 0.588. The average Bonchev–Trinajstić information content (AvgIpc) is 2.92. The van der Waals surface area contributed by atoms with Gasteiger partial charge in [-0.25, -0.2) is 0 Å². The number of hydrogen-bond donors (Lipinski definition) is 1. The number of aryl methyl sites for hydroxylation is 2. The van der Waals surface area contributed by atoms with Gasteiger partial charge in [0.1, 0.15) is 0 Å². The van der Waals surface area contributed by atoms with Gasteiger partial charge in [0.05, 0.1) is 0 Å². The number of carbonyl (C=O) groups is 1. The van der Waals surface area contributed by atoms with E-state index in [-0.39, 0.29) is 12.5 Å². The summed E-state index contributed by atoms with van der Waals surface area (Å²) >= 11 is 0. The maximum absolute atomic E-state index is 12.4. The summed E-state index contributed by atoms with van der Waals surface area (Å²) in [6, 6.07) is 8.63. The molecule has 110 valence electrons. The molecule has 1 aromatic rings. The summed E-state index contributed by atoms with van der Waals surface area (Å²) in [5.74, 6) is 0.272. The molecule has 1 heterocycles. The van der Waals surface area contributed by atoms with Crippen molar-refractivity contribution >= 4 is 5.91 Å². The highest BCUT2D eigenvalue weighted by Gasteiger charge is 2.27. The number of likely N-dealkylation sites (tertiary alicyclic amines) is 1. The summed E-state index contributed by atoms with van der Waals surface area (Å²) in [5.41, 5.74) is 2.53. The molecule has 0 saturated carbocycles. The summed E-state index contributed by atoms with van der Waals surface area (Å²) < 4.78 is 0. The molecule has 1 N–H and O–H groups in total. The Hall–Kier alpha value is -1.35. The molecule has 1 aliphatic heterocycles. The molecule has 1 fully saturated rings. The lowest BCUT2D eigenvalue weighted by atomic mass is 10.0. The molecule has 1 aliphatic rings. The molecule has 1 atom stereocenters. The molecule has 0 aliphatic carbocycles. The molecule has 1 unspecified atom stereocenters. The van der Waals surface area contributed by atoms with Crippen LogP contribution in [0, 0.1) is 6.92 Å². The lowest BCUT2D eigenvalue weighted by Crippen LogP contribution is -2.35.